The third kappa shape index (κ3) is 3.04. The molecular weight excluding hydrogens is 152 g/mol. The number of aromatic nitrogens is 1. The van der Waals surface area contributed by atoms with Gasteiger partial charge in [0.15, 0.2) is 0 Å². The zero-order valence-corrected chi connectivity index (χ0v) is 7.38. The van der Waals surface area contributed by atoms with Crippen molar-refractivity contribution in [2.24, 2.45) is 5.84 Å². The van der Waals surface area contributed by atoms with E-state index in [4.69, 9.17) is 5.84 Å². The van der Waals surface area contributed by atoms with Gasteiger partial charge >= 0.3 is 0 Å². The molecule has 0 saturated heterocycles. The van der Waals surface area contributed by atoms with Crippen molar-refractivity contribution >= 4 is 0 Å². The number of aromatic amines is 1. The van der Waals surface area contributed by atoms with Crippen LogP contribution < -0.4 is 11.3 Å². The van der Waals surface area contributed by atoms with Crippen LogP contribution in [0.4, 0.5) is 0 Å². The second-order valence-electron chi connectivity index (χ2n) is 2.91. The van der Waals surface area contributed by atoms with E-state index in [9.17, 15) is 0 Å². The summed E-state index contributed by atoms with van der Waals surface area (Å²) >= 11 is 0. The van der Waals surface area contributed by atoms with Crippen LogP contribution in [0.5, 0.6) is 0 Å². The highest BCUT2D eigenvalue weighted by Gasteiger charge is 1.97. The average Bonchev–Trinajstić information content (AvgIpc) is 2.53. The summed E-state index contributed by atoms with van der Waals surface area (Å²) in [6, 6.07) is 2.09. The van der Waals surface area contributed by atoms with Crippen molar-refractivity contribution in [3.63, 3.8) is 0 Å². The van der Waals surface area contributed by atoms with Gasteiger partial charge in [-0.3, -0.25) is 10.7 Å². The van der Waals surface area contributed by atoms with Crippen molar-refractivity contribution in [3.05, 3.63) is 24.0 Å². The van der Waals surface area contributed by atoms with Crippen LogP contribution in [-0.2, 0) is 6.42 Å². The fourth-order valence-corrected chi connectivity index (χ4v) is 1.07. The lowest BCUT2D eigenvalue weighted by molar-refractivity contribution is 0.313. The second-order valence-corrected chi connectivity index (χ2v) is 2.91. The molecule has 0 aliphatic heterocycles. The maximum atomic E-state index is 5.18. The van der Waals surface area contributed by atoms with Gasteiger partial charge in [0.2, 0.25) is 0 Å². The Morgan fingerprint density at radius 3 is 3.08 bits per heavy atom. The first-order chi connectivity index (χ1) is 5.83. The Balaban J connectivity index is 2.17. The number of hydrazine groups is 1. The Kier molecular flexibility index (Phi) is 3.79. The van der Waals surface area contributed by atoms with Crippen LogP contribution in [-0.4, -0.2) is 30.1 Å². The average molecular weight is 168 g/mol. The molecule has 0 unspecified atom stereocenters. The van der Waals surface area contributed by atoms with E-state index in [1.54, 1.807) is 0 Å². The zero-order chi connectivity index (χ0) is 8.81. The number of likely N-dealkylation sites (N-methyl/N-ethyl adjacent to an activating group) is 1. The van der Waals surface area contributed by atoms with Gasteiger partial charge in [-0.15, -0.1) is 0 Å². The van der Waals surface area contributed by atoms with Gasteiger partial charge in [-0.2, -0.15) is 0 Å². The first-order valence-corrected chi connectivity index (χ1v) is 4.06. The molecular formula is C8H16N4. The molecule has 0 aromatic carbocycles. The van der Waals surface area contributed by atoms with Gasteiger partial charge in [-0.05, 0) is 25.1 Å². The molecule has 0 aliphatic carbocycles. The van der Waals surface area contributed by atoms with E-state index in [1.807, 2.05) is 19.4 Å². The molecule has 0 saturated carbocycles. The van der Waals surface area contributed by atoms with E-state index in [-0.39, 0.29) is 0 Å². The van der Waals surface area contributed by atoms with E-state index < -0.39 is 0 Å². The molecule has 0 atom stereocenters. The number of hydrogen-bond acceptors (Lipinski definition) is 3. The number of rotatable bonds is 5. The van der Waals surface area contributed by atoms with Crippen LogP contribution in [0.2, 0.25) is 0 Å². The minimum Gasteiger partial charge on any atom is -0.367 e. The van der Waals surface area contributed by atoms with E-state index in [2.05, 4.69) is 21.4 Å². The summed E-state index contributed by atoms with van der Waals surface area (Å²) in [5.74, 6) is 5.18. The van der Waals surface area contributed by atoms with Gasteiger partial charge in [0.25, 0.3) is 0 Å². The SMILES string of the molecule is CN(CCc1cc[nH]c1)CNN. The molecule has 1 aromatic rings. The molecule has 0 radical (unpaired) electrons. The molecule has 4 N–H and O–H groups in total. The van der Waals surface area contributed by atoms with E-state index >= 15 is 0 Å². The largest absolute Gasteiger partial charge is 0.367 e. The van der Waals surface area contributed by atoms with Crippen LogP contribution in [0.1, 0.15) is 5.56 Å². The molecule has 1 aromatic heterocycles. The summed E-state index contributed by atoms with van der Waals surface area (Å²) in [6.07, 6.45) is 5.02. The highest BCUT2D eigenvalue weighted by atomic mass is 15.3. The van der Waals surface area contributed by atoms with E-state index in [0.29, 0.717) is 0 Å². The predicted octanol–water partition coefficient (Wildman–Crippen LogP) is -0.0902. The summed E-state index contributed by atoms with van der Waals surface area (Å²) in [6.45, 7) is 1.74. The number of H-pyrrole nitrogens is 1. The smallest absolute Gasteiger partial charge is 0.0610 e. The highest BCUT2D eigenvalue weighted by Crippen LogP contribution is 1.97. The lowest BCUT2D eigenvalue weighted by atomic mass is 10.2. The Hall–Kier alpha value is -0.840. The standard InChI is InChI=1S/C8H16N4/c1-12(7-11-9)5-3-8-2-4-10-6-8/h2,4,6,10-11H,3,5,7,9H2,1H3. The maximum Gasteiger partial charge on any atom is 0.0610 e. The third-order valence-corrected chi connectivity index (χ3v) is 1.81. The molecule has 0 aliphatic rings. The second kappa shape index (κ2) is 4.92. The summed E-state index contributed by atoms with van der Waals surface area (Å²) in [7, 11) is 2.03. The lowest BCUT2D eigenvalue weighted by Crippen LogP contribution is -2.36. The number of nitrogens with one attached hydrogen (secondary N) is 2. The minimum atomic E-state index is 0.727. The number of nitrogens with two attached hydrogens (primary N) is 1. The van der Waals surface area contributed by atoms with Gasteiger partial charge in [0.05, 0.1) is 6.67 Å². The number of nitrogens with zero attached hydrogens (tertiary/aromatic N) is 1. The quantitative estimate of drug-likeness (QED) is 0.327. The normalized spacial score (nSPS) is 10.9. The Bertz CT molecular complexity index is 195. The molecule has 4 nitrogen and oxygen atoms in total. The zero-order valence-electron chi connectivity index (χ0n) is 7.38. The van der Waals surface area contributed by atoms with E-state index in [0.717, 1.165) is 19.6 Å². The van der Waals surface area contributed by atoms with Gasteiger partial charge in [0, 0.05) is 18.9 Å². The van der Waals surface area contributed by atoms with Gasteiger partial charge in [-0.25, -0.2) is 5.43 Å². The van der Waals surface area contributed by atoms with Crippen molar-refractivity contribution in [1.29, 1.82) is 0 Å². The Morgan fingerprint density at radius 1 is 1.67 bits per heavy atom. The van der Waals surface area contributed by atoms with Crippen LogP contribution in [0, 0.1) is 0 Å². The van der Waals surface area contributed by atoms with Gasteiger partial charge in [0.1, 0.15) is 0 Å². The first-order valence-electron chi connectivity index (χ1n) is 4.06. The summed E-state index contributed by atoms with van der Waals surface area (Å²) in [4.78, 5) is 5.16. The van der Waals surface area contributed by atoms with Crippen LogP contribution in [0.25, 0.3) is 0 Å². The van der Waals surface area contributed by atoms with Gasteiger partial charge in [-0.1, -0.05) is 0 Å². The highest BCUT2D eigenvalue weighted by molar-refractivity contribution is 5.08. The summed E-state index contributed by atoms with van der Waals surface area (Å²) in [5.41, 5.74) is 3.95. The first kappa shape index (κ1) is 9.25. The fraction of sp³-hybridized carbons (Fsp3) is 0.500. The molecule has 4 heteroatoms. The molecule has 0 amide bonds. The lowest BCUT2D eigenvalue weighted by Gasteiger charge is -2.14. The minimum absolute atomic E-state index is 0.727. The van der Waals surface area contributed by atoms with Crippen molar-refractivity contribution in [3.8, 4) is 0 Å². The molecule has 1 rings (SSSR count). The molecule has 0 fully saturated rings. The van der Waals surface area contributed by atoms with Crippen LogP contribution in [0.3, 0.4) is 0 Å². The molecule has 1 heterocycles. The Labute approximate surface area is 72.7 Å². The molecule has 68 valence electrons. The maximum absolute atomic E-state index is 5.18. The summed E-state index contributed by atoms with van der Waals surface area (Å²) in [5, 5.41) is 0. The van der Waals surface area contributed by atoms with E-state index in [1.165, 1.54) is 5.56 Å². The van der Waals surface area contributed by atoms with Crippen molar-refractivity contribution < 1.29 is 0 Å². The topological polar surface area (TPSA) is 57.1 Å². The van der Waals surface area contributed by atoms with Crippen molar-refractivity contribution in [2.75, 3.05) is 20.3 Å². The molecule has 0 bridgehead atoms. The van der Waals surface area contributed by atoms with Crippen molar-refractivity contribution in [1.82, 2.24) is 15.3 Å². The summed E-state index contributed by atoms with van der Waals surface area (Å²) < 4.78 is 0. The van der Waals surface area contributed by atoms with Crippen molar-refractivity contribution in [2.45, 2.75) is 6.42 Å². The predicted molar refractivity (Wildman–Crippen MR) is 49.3 cm³/mol. The van der Waals surface area contributed by atoms with Gasteiger partial charge < -0.3 is 4.98 Å². The monoisotopic (exact) mass is 168 g/mol. The van der Waals surface area contributed by atoms with Crippen LogP contribution >= 0.6 is 0 Å². The van der Waals surface area contributed by atoms with Crippen LogP contribution in [0.15, 0.2) is 18.5 Å². The fourth-order valence-electron chi connectivity index (χ4n) is 1.07. The molecule has 0 spiro atoms. The third-order valence-electron chi connectivity index (χ3n) is 1.81. The molecule has 12 heavy (non-hydrogen) atoms. The number of hydrogen-bond donors (Lipinski definition) is 3. The Morgan fingerprint density at radius 2 is 2.50 bits per heavy atom.